The zero-order valence-electron chi connectivity index (χ0n) is 10.5. The number of methoxy groups -OCH3 is 1. The summed E-state index contributed by atoms with van der Waals surface area (Å²) in [4.78, 5) is 25.5. The average molecular weight is 239 g/mol. The third-order valence-electron chi connectivity index (χ3n) is 4.05. The summed E-state index contributed by atoms with van der Waals surface area (Å²) in [5, 5.41) is 0. The number of hydrogen-bond acceptors (Lipinski definition) is 3. The Balaban J connectivity index is 1.82. The van der Waals surface area contributed by atoms with Gasteiger partial charge in [-0.05, 0) is 25.7 Å². The average Bonchev–Trinajstić information content (AvgIpc) is 2.91. The maximum Gasteiger partial charge on any atom is 0.308 e. The fourth-order valence-corrected chi connectivity index (χ4v) is 2.93. The summed E-state index contributed by atoms with van der Waals surface area (Å²) in [7, 11) is 1.43. The molecule has 0 N–H and O–H groups in total. The maximum atomic E-state index is 12.2. The Morgan fingerprint density at radius 1 is 1.00 bits per heavy atom. The van der Waals surface area contributed by atoms with Crippen molar-refractivity contribution in [3.8, 4) is 0 Å². The number of carbonyl (C=O) groups is 2. The molecule has 4 nitrogen and oxygen atoms in total. The smallest absolute Gasteiger partial charge is 0.308 e. The van der Waals surface area contributed by atoms with Crippen LogP contribution in [-0.2, 0) is 14.3 Å². The summed E-state index contributed by atoms with van der Waals surface area (Å²) in [6.45, 7) is 1.43. The lowest BCUT2D eigenvalue weighted by molar-refractivity contribution is -0.149. The molecule has 96 valence electrons. The molecule has 0 aromatic carbocycles. The van der Waals surface area contributed by atoms with Crippen molar-refractivity contribution in [2.45, 2.75) is 38.5 Å². The Labute approximate surface area is 102 Å². The van der Waals surface area contributed by atoms with E-state index in [2.05, 4.69) is 0 Å². The van der Waals surface area contributed by atoms with E-state index in [1.165, 1.54) is 20.0 Å². The molecule has 2 rings (SSSR count). The quantitative estimate of drug-likeness (QED) is 0.687. The van der Waals surface area contributed by atoms with E-state index in [0.717, 1.165) is 38.8 Å². The van der Waals surface area contributed by atoms with E-state index in [1.807, 2.05) is 4.90 Å². The van der Waals surface area contributed by atoms with Gasteiger partial charge in [0.15, 0.2) is 0 Å². The highest BCUT2D eigenvalue weighted by Crippen LogP contribution is 2.28. The van der Waals surface area contributed by atoms with E-state index in [9.17, 15) is 9.59 Å². The number of rotatable bonds is 2. The molecule has 2 aliphatic rings. The highest BCUT2D eigenvalue weighted by molar-refractivity contribution is 5.79. The van der Waals surface area contributed by atoms with Gasteiger partial charge in [0.05, 0.1) is 13.0 Å². The molecule has 1 amide bonds. The van der Waals surface area contributed by atoms with Crippen LogP contribution >= 0.6 is 0 Å². The molecular formula is C13H21NO3. The van der Waals surface area contributed by atoms with Crippen LogP contribution in [0.15, 0.2) is 0 Å². The van der Waals surface area contributed by atoms with Gasteiger partial charge in [-0.1, -0.05) is 12.8 Å². The second-order valence-corrected chi connectivity index (χ2v) is 5.10. The summed E-state index contributed by atoms with van der Waals surface area (Å²) >= 11 is 0. The lowest BCUT2D eigenvalue weighted by Crippen LogP contribution is -2.42. The SMILES string of the molecule is COC(=O)C1CCN(C(=O)C2CCCC2)CC1. The van der Waals surface area contributed by atoms with E-state index < -0.39 is 0 Å². The summed E-state index contributed by atoms with van der Waals surface area (Å²) in [5.41, 5.74) is 0. The van der Waals surface area contributed by atoms with Crippen LogP contribution in [-0.4, -0.2) is 37.0 Å². The highest BCUT2D eigenvalue weighted by atomic mass is 16.5. The van der Waals surface area contributed by atoms with Crippen LogP contribution in [0.1, 0.15) is 38.5 Å². The topological polar surface area (TPSA) is 46.6 Å². The van der Waals surface area contributed by atoms with Crippen molar-refractivity contribution in [1.29, 1.82) is 0 Å². The van der Waals surface area contributed by atoms with Gasteiger partial charge >= 0.3 is 5.97 Å². The third-order valence-corrected chi connectivity index (χ3v) is 4.05. The second-order valence-electron chi connectivity index (χ2n) is 5.10. The monoisotopic (exact) mass is 239 g/mol. The van der Waals surface area contributed by atoms with Gasteiger partial charge < -0.3 is 9.64 Å². The molecule has 2 fully saturated rings. The van der Waals surface area contributed by atoms with Crippen molar-refractivity contribution in [1.82, 2.24) is 4.90 Å². The van der Waals surface area contributed by atoms with Crippen molar-refractivity contribution < 1.29 is 14.3 Å². The van der Waals surface area contributed by atoms with Crippen LogP contribution in [0.25, 0.3) is 0 Å². The summed E-state index contributed by atoms with van der Waals surface area (Å²) < 4.78 is 4.74. The molecule has 1 aliphatic heterocycles. The molecular weight excluding hydrogens is 218 g/mol. The van der Waals surface area contributed by atoms with Crippen molar-refractivity contribution in [3.05, 3.63) is 0 Å². The second kappa shape index (κ2) is 5.52. The first-order valence-electron chi connectivity index (χ1n) is 6.59. The predicted molar refractivity (Wildman–Crippen MR) is 63.3 cm³/mol. The van der Waals surface area contributed by atoms with Crippen molar-refractivity contribution in [3.63, 3.8) is 0 Å². The molecule has 0 unspecified atom stereocenters. The Kier molecular flexibility index (Phi) is 4.02. The fraction of sp³-hybridized carbons (Fsp3) is 0.846. The normalized spacial score (nSPS) is 22.8. The van der Waals surface area contributed by atoms with E-state index >= 15 is 0 Å². The minimum Gasteiger partial charge on any atom is -0.469 e. The van der Waals surface area contributed by atoms with Gasteiger partial charge in [-0.3, -0.25) is 9.59 Å². The molecule has 0 aromatic rings. The molecule has 1 aliphatic carbocycles. The highest BCUT2D eigenvalue weighted by Gasteiger charge is 2.32. The minimum absolute atomic E-state index is 0.00683. The van der Waals surface area contributed by atoms with Crippen molar-refractivity contribution in [2.75, 3.05) is 20.2 Å². The molecule has 0 spiro atoms. The molecule has 17 heavy (non-hydrogen) atoms. The zero-order valence-corrected chi connectivity index (χ0v) is 10.5. The molecule has 1 saturated carbocycles. The summed E-state index contributed by atoms with van der Waals surface area (Å²) in [6, 6.07) is 0. The van der Waals surface area contributed by atoms with Gasteiger partial charge in [0, 0.05) is 19.0 Å². The van der Waals surface area contributed by atoms with Crippen molar-refractivity contribution in [2.24, 2.45) is 11.8 Å². The minimum atomic E-state index is -0.127. The standard InChI is InChI=1S/C13H21NO3/c1-17-13(16)11-6-8-14(9-7-11)12(15)10-4-2-3-5-10/h10-11H,2-9H2,1H3. The molecule has 0 radical (unpaired) electrons. The van der Waals surface area contributed by atoms with E-state index in [0.29, 0.717) is 5.91 Å². The Hall–Kier alpha value is -1.06. The number of amides is 1. The Bertz CT molecular complexity index is 289. The molecule has 1 heterocycles. The Morgan fingerprint density at radius 2 is 1.59 bits per heavy atom. The van der Waals surface area contributed by atoms with Crippen LogP contribution in [0.4, 0.5) is 0 Å². The number of piperidine rings is 1. The van der Waals surface area contributed by atoms with Crippen LogP contribution in [0.5, 0.6) is 0 Å². The maximum absolute atomic E-state index is 12.2. The lowest BCUT2D eigenvalue weighted by Gasteiger charge is -2.32. The van der Waals surface area contributed by atoms with Gasteiger partial charge in [0.1, 0.15) is 0 Å². The van der Waals surface area contributed by atoms with Crippen LogP contribution in [0.3, 0.4) is 0 Å². The number of carbonyl (C=O) groups excluding carboxylic acids is 2. The van der Waals surface area contributed by atoms with E-state index in [-0.39, 0.29) is 17.8 Å². The number of esters is 1. The Morgan fingerprint density at radius 3 is 2.12 bits per heavy atom. The zero-order chi connectivity index (χ0) is 12.3. The first kappa shape index (κ1) is 12.4. The largest absolute Gasteiger partial charge is 0.469 e. The van der Waals surface area contributed by atoms with Crippen LogP contribution < -0.4 is 0 Å². The molecule has 0 aromatic heterocycles. The van der Waals surface area contributed by atoms with Gasteiger partial charge in [0.25, 0.3) is 0 Å². The number of ether oxygens (including phenoxy) is 1. The fourth-order valence-electron chi connectivity index (χ4n) is 2.93. The summed E-state index contributed by atoms with van der Waals surface area (Å²) in [5.74, 6) is 0.432. The van der Waals surface area contributed by atoms with Gasteiger partial charge in [-0.2, -0.15) is 0 Å². The van der Waals surface area contributed by atoms with Gasteiger partial charge in [0.2, 0.25) is 5.91 Å². The number of nitrogens with zero attached hydrogens (tertiary/aromatic N) is 1. The van der Waals surface area contributed by atoms with Crippen molar-refractivity contribution >= 4 is 11.9 Å². The van der Waals surface area contributed by atoms with E-state index in [1.54, 1.807) is 0 Å². The summed E-state index contributed by atoms with van der Waals surface area (Å²) in [6.07, 6.45) is 5.99. The first-order valence-corrected chi connectivity index (χ1v) is 6.59. The molecule has 0 bridgehead atoms. The molecule has 4 heteroatoms. The van der Waals surface area contributed by atoms with E-state index in [4.69, 9.17) is 4.74 Å². The van der Waals surface area contributed by atoms with Gasteiger partial charge in [-0.15, -0.1) is 0 Å². The number of likely N-dealkylation sites (tertiary alicyclic amines) is 1. The van der Waals surface area contributed by atoms with Crippen LogP contribution in [0, 0.1) is 11.8 Å². The first-order chi connectivity index (χ1) is 8.22. The van der Waals surface area contributed by atoms with Crippen LogP contribution in [0.2, 0.25) is 0 Å². The molecule has 0 atom stereocenters. The lowest BCUT2D eigenvalue weighted by atomic mass is 9.95. The molecule has 1 saturated heterocycles. The number of hydrogen-bond donors (Lipinski definition) is 0. The predicted octanol–water partition coefficient (Wildman–Crippen LogP) is 1.59. The van der Waals surface area contributed by atoms with Gasteiger partial charge in [-0.25, -0.2) is 0 Å². The third kappa shape index (κ3) is 2.79.